The second kappa shape index (κ2) is 17.4. The highest BCUT2D eigenvalue weighted by Gasteiger charge is 2.36. The van der Waals surface area contributed by atoms with Gasteiger partial charge in [0, 0.05) is 67.2 Å². The van der Waals surface area contributed by atoms with Crippen molar-refractivity contribution in [3.63, 3.8) is 0 Å². The molecular weight excluding hydrogens is 915 g/mol. The minimum absolute atomic E-state index is 0.223. The van der Waals surface area contributed by atoms with Gasteiger partial charge in [-0.15, -0.1) is 0 Å². The highest BCUT2D eigenvalue weighted by molar-refractivity contribution is 6.13. The molecule has 7 heteroatoms. The van der Waals surface area contributed by atoms with Crippen molar-refractivity contribution >= 4 is 66.1 Å². The third-order valence-corrected chi connectivity index (χ3v) is 15.1. The van der Waals surface area contributed by atoms with Crippen LogP contribution in [0, 0.1) is 0 Å². The molecule has 0 amide bonds. The summed E-state index contributed by atoms with van der Waals surface area (Å²) in [6.45, 7) is 0. The number of aromatic nitrogens is 6. The van der Waals surface area contributed by atoms with Crippen molar-refractivity contribution in [2.75, 3.05) is 4.90 Å². The molecule has 0 fully saturated rings. The fourth-order valence-electron chi connectivity index (χ4n) is 11.7. The molecule has 1 unspecified atom stereocenters. The smallest absolute Gasteiger partial charge is 0.182 e. The van der Waals surface area contributed by atoms with Crippen molar-refractivity contribution in [2.24, 2.45) is 0 Å². The number of rotatable bonds is 8. The van der Waals surface area contributed by atoms with Gasteiger partial charge >= 0.3 is 0 Å². The van der Waals surface area contributed by atoms with Gasteiger partial charge in [0.2, 0.25) is 0 Å². The van der Waals surface area contributed by atoms with Gasteiger partial charge < -0.3 is 14.0 Å². The molecule has 352 valence electrons. The summed E-state index contributed by atoms with van der Waals surface area (Å²) < 4.78 is 4.77. The minimum atomic E-state index is 0.223. The number of hydrogen-bond acceptors (Lipinski definition) is 5. The maximum atomic E-state index is 5.10. The summed E-state index contributed by atoms with van der Waals surface area (Å²) in [6.07, 6.45) is 7.54. The zero-order chi connectivity index (χ0) is 49.4. The van der Waals surface area contributed by atoms with Crippen LogP contribution in [0.1, 0.15) is 17.5 Å². The Bertz CT molecular complexity index is 4380. The SMILES string of the molecule is C1=C(c2ccc3c(c2)c2cc(-c4ccc5c(c4)c4ccccc4n5-c4ccccc4)ccc2n3-c2cccc(-c3nc(-c4ccccc4)nc(-c4ccccn4)n3)c2)C=C2c3ccccc3N(c3ccccc3)C2C1. The summed E-state index contributed by atoms with van der Waals surface area (Å²) in [5, 5.41) is 4.81. The van der Waals surface area contributed by atoms with Crippen molar-refractivity contribution in [1.82, 2.24) is 29.1 Å². The Labute approximate surface area is 433 Å². The molecule has 5 heterocycles. The van der Waals surface area contributed by atoms with Crippen LogP contribution in [0.25, 0.3) is 112 Å². The Morgan fingerprint density at radius 1 is 0.373 bits per heavy atom. The van der Waals surface area contributed by atoms with Gasteiger partial charge in [0.15, 0.2) is 17.5 Å². The van der Waals surface area contributed by atoms with E-state index in [-0.39, 0.29) is 6.04 Å². The minimum Gasteiger partial charge on any atom is -0.333 e. The lowest BCUT2D eigenvalue weighted by Crippen LogP contribution is -2.27. The summed E-state index contributed by atoms with van der Waals surface area (Å²) >= 11 is 0. The van der Waals surface area contributed by atoms with E-state index in [0.717, 1.165) is 45.5 Å². The molecule has 13 aromatic rings. The second-order valence-electron chi connectivity index (χ2n) is 19.4. The van der Waals surface area contributed by atoms with E-state index in [1.807, 2.05) is 48.5 Å². The van der Waals surface area contributed by atoms with Crippen LogP contribution in [0.15, 0.2) is 255 Å². The van der Waals surface area contributed by atoms with Gasteiger partial charge in [-0.25, -0.2) is 15.0 Å². The molecule has 0 saturated carbocycles. The number of pyridine rings is 1. The highest BCUT2D eigenvalue weighted by atomic mass is 15.2. The van der Waals surface area contributed by atoms with Crippen molar-refractivity contribution in [1.29, 1.82) is 0 Å². The van der Waals surface area contributed by atoms with E-state index in [1.165, 1.54) is 71.8 Å². The first-order valence-corrected chi connectivity index (χ1v) is 25.6. The first kappa shape index (κ1) is 42.7. The van der Waals surface area contributed by atoms with E-state index in [0.29, 0.717) is 23.2 Å². The molecule has 1 atom stereocenters. The molecule has 0 N–H and O–H groups in total. The molecule has 4 aromatic heterocycles. The zero-order valence-corrected chi connectivity index (χ0v) is 40.7. The molecule has 9 aromatic carbocycles. The van der Waals surface area contributed by atoms with Crippen molar-refractivity contribution < 1.29 is 0 Å². The first-order chi connectivity index (χ1) is 37.2. The van der Waals surface area contributed by atoms with Crippen LogP contribution in [0.3, 0.4) is 0 Å². The standard InChI is InChI=1S/C68H45N7/c1-4-17-44(18-5-1)66-70-67(72-68(71-66)59-27-14-15-38-69-59)49-19-16-24-52(39-49)75-64-36-32-47(45-30-34-62-55(40-45)53-25-10-12-28-60(53)73(62)50-20-6-2-7-21-50)42-57(64)58-43-48(33-37-65(58)75)46-31-35-63-56(41-46)54-26-11-13-29-61(54)74(63)51-22-8-3-9-23-51/h1-34,36-43,63H,35H2. The van der Waals surface area contributed by atoms with Crippen LogP contribution in [0.4, 0.5) is 11.4 Å². The Morgan fingerprint density at radius 2 is 0.920 bits per heavy atom. The Morgan fingerprint density at radius 3 is 1.65 bits per heavy atom. The van der Waals surface area contributed by atoms with Gasteiger partial charge in [-0.05, 0) is 137 Å². The van der Waals surface area contributed by atoms with Gasteiger partial charge in [-0.1, -0.05) is 146 Å². The maximum Gasteiger partial charge on any atom is 0.182 e. The molecule has 0 spiro atoms. The summed E-state index contributed by atoms with van der Waals surface area (Å²) in [6, 6.07) is 84.7. The molecule has 15 rings (SSSR count). The maximum absolute atomic E-state index is 5.10. The lowest BCUT2D eigenvalue weighted by atomic mass is 9.89. The number of nitrogens with zero attached hydrogens (tertiary/aromatic N) is 7. The second-order valence-corrected chi connectivity index (χ2v) is 19.4. The number of allylic oxidation sites excluding steroid dienone is 2. The molecular formula is C68H45N7. The topological polar surface area (TPSA) is 64.7 Å². The van der Waals surface area contributed by atoms with Crippen LogP contribution >= 0.6 is 0 Å². The molecule has 1 aliphatic heterocycles. The van der Waals surface area contributed by atoms with E-state index in [2.05, 4.69) is 219 Å². The van der Waals surface area contributed by atoms with Crippen molar-refractivity contribution in [2.45, 2.75) is 12.5 Å². The van der Waals surface area contributed by atoms with E-state index < -0.39 is 0 Å². The fourth-order valence-corrected chi connectivity index (χ4v) is 11.7. The normalized spacial score (nSPS) is 14.1. The zero-order valence-electron chi connectivity index (χ0n) is 40.7. The predicted octanol–water partition coefficient (Wildman–Crippen LogP) is 16.5. The van der Waals surface area contributed by atoms with Crippen LogP contribution in [-0.2, 0) is 0 Å². The quantitative estimate of drug-likeness (QED) is 0.152. The number of fused-ring (bicyclic) bond motifs is 9. The first-order valence-electron chi connectivity index (χ1n) is 25.6. The molecule has 2 aliphatic rings. The van der Waals surface area contributed by atoms with Crippen LogP contribution in [-0.4, -0.2) is 35.1 Å². The van der Waals surface area contributed by atoms with Gasteiger partial charge in [0.1, 0.15) is 5.69 Å². The van der Waals surface area contributed by atoms with Crippen LogP contribution in [0.5, 0.6) is 0 Å². The van der Waals surface area contributed by atoms with Gasteiger partial charge in [0.05, 0.1) is 28.1 Å². The summed E-state index contributed by atoms with van der Waals surface area (Å²) in [5.74, 6) is 1.70. The van der Waals surface area contributed by atoms with Gasteiger partial charge in [-0.3, -0.25) is 4.98 Å². The average Bonchev–Trinajstić information content (AvgIpc) is 4.18. The monoisotopic (exact) mass is 959 g/mol. The van der Waals surface area contributed by atoms with E-state index in [4.69, 9.17) is 15.0 Å². The third kappa shape index (κ3) is 7.12. The largest absolute Gasteiger partial charge is 0.333 e. The molecule has 1 aliphatic carbocycles. The van der Waals surface area contributed by atoms with Crippen LogP contribution < -0.4 is 4.90 Å². The lowest BCUT2D eigenvalue weighted by Gasteiger charge is -2.29. The Kier molecular flexibility index (Phi) is 9.88. The molecule has 7 nitrogen and oxygen atoms in total. The summed E-state index contributed by atoms with van der Waals surface area (Å²) in [5.41, 5.74) is 19.1. The Hall–Kier alpha value is -9.98. The molecule has 0 radical (unpaired) electrons. The van der Waals surface area contributed by atoms with Gasteiger partial charge in [0.25, 0.3) is 0 Å². The summed E-state index contributed by atoms with van der Waals surface area (Å²) in [4.78, 5) is 22.2. The van der Waals surface area contributed by atoms with Gasteiger partial charge in [-0.2, -0.15) is 0 Å². The lowest BCUT2D eigenvalue weighted by molar-refractivity contribution is 0.831. The van der Waals surface area contributed by atoms with E-state index in [9.17, 15) is 0 Å². The van der Waals surface area contributed by atoms with E-state index in [1.54, 1.807) is 6.20 Å². The molecule has 0 saturated heterocycles. The van der Waals surface area contributed by atoms with Crippen molar-refractivity contribution in [3.8, 4) is 56.8 Å². The molecule has 0 bridgehead atoms. The average molecular weight is 960 g/mol. The highest BCUT2D eigenvalue weighted by Crippen LogP contribution is 2.49. The summed E-state index contributed by atoms with van der Waals surface area (Å²) in [7, 11) is 0. The number of para-hydroxylation sites is 4. The fraction of sp³-hybridized carbons (Fsp3) is 0.0294. The Balaban J connectivity index is 0.898. The number of hydrogen-bond donors (Lipinski definition) is 0. The number of anilines is 2. The predicted molar refractivity (Wildman–Crippen MR) is 307 cm³/mol. The van der Waals surface area contributed by atoms with Crippen molar-refractivity contribution in [3.05, 3.63) is 266 Å². The molecule has 75 heavy (non-hydrogen) atoms. The third-order valence-electron chi connectivity index (χ3n) is 15.1. The van der Waals surface area contributed by atoms with Crippen LogP contribution in [0.2, 0.25) is 0 Å². The number of benzene rings is 9. The van der Waals surface area contributed by atoms with E-state index >= 15 is 0 Å².